The Balaban J connectivity index is 1.65. The van der Waals surface area contributed by atoms with E-state index in [4.69, 9.17) is 16.3 Å². The van der Waals surface area contributed by atoms with Gasteiger partial charge in [-0.1, -0.05) is 11.6 Å². The monoisotopic (exact) mass is 403 g/mol. The number of methoxy groups -OCH3 is 1. The van der Waals surface area contributed by atoms with E-state index in [1.807, 2.05) is 19.1 Å². The maximum atomic E-state index is 10.1. The number of anilines is 1. The lowest BCUT2D eigenvalue weighted by atomic mass is 10.2. The molecule has 1 atom stereocenters. The number of hydrogen-bond acceptors (Lipinski definition) is 5. The van der Waals surface area contributed by atoms with E-state index in [1.165, 1.54) is 0 Å². The van der Waals surface area contributed by atoms with Gasteiger partial charge in [-0.3, -0.25) is 0 Å². The van der Waals surface area contributed by atoms with Gasteiger partial charge in [-0.25, -0.2) is 9.98 Å². The molecule has 1 aliphatic heterocycles. The first-order valence-electron chi connectivity index (χ1n) is 9.37. The summed E-state index contributed by atoms with van der Waals surface area (Å²) in [5.41, 5.74) is 0.713. The standard InChI is InChI=1S/C20H26ClN5O2/c1-3-22-20(24-12-14-11-16(28-2)6-7-18(14)27)25-15-8-10-26(13-15)19-17(21)5-4-9-23-19/h4-7,9,11,15,27H,3,8,10,12-13H2,1-2H3,(H2,22,24,25). The molecule has 0 bridgehead atoms. The molecule has 3 rings (SSSR count). The summed E-state index contributed by atoms with van der Waals surface area (Å²) in [5.74, 6) is 2.43. The van der Waals surface area contributed by atoms with Crippen LogP contribution in [0.3, 0.4) is 0 Å². The number of phenolic OH excluding ortho intramolecular Hbond substituents is 1. The summed E-state index contributed by atoms with van der Waals surface area (Å²) in [7, 11) is 1.60. The van der Waals surface area contributed by atoms with Gasteiger partial charge in [0.15, 0.2) is 5.96 Å². The molecule has 1 saturated heterocycles. The summed E-state index contributed by atoms with van der Waals surface area (Å²) < 4.78 is 5.22. The summed E-state index contributed by atoms with van der Waals surface area (Å²) in [5, 5.41) is 17.4. The van der Waals surface area contributed by atoms with Crippen LogP contribution in [0.1, 0.15) is 18.9 Å². The van der Waals surface area contributed by atoms with Crippen LogP contribution in [0.25, 0.3) is 0 Å². The molecule has 7 nitrogen and oxygen atoms in total. The minimum absolute atomic E-state index is 0.206. The van der Waals surface area contributed by atoms with Crippen molar-refractivity contribution in [3.05, 3.63) is 47.1 Å². The number of aromatic nitrogens is 1. The minimum Gasteiger partial charge on any atom is -0.508 e. The van der Waals surface area contributed by atoms with Crippen LogP contribution < -0.4 is 20.3 Å². The van der Waals surface area contributed by atoms with E-state index in [2.05, 4.69) is 25.5 Å². The minimum atomic E-state index is 0.206. The molecule has 0 spiro atoms. The predicted molar refractivity (Wildman–Crippen MR) is 112 cm³/mol. The summed E-state index contributed by atoms with van der Waals surface area (Å²) in [6.45, 7) is 4.80. The van der Waals surface area contributed by atoms with Gasteiger partial charge in [-0.15, -0.1) is 0 Å². The number of aromatic hydroxyl groups is 1. The number of guanidine groups is 1. The first-order valence-corrected chi connectivity index (χ1v) is 9.74. The van der Waals surface area contributed by atoms with Crippen LogP contribution in [0.15, 0.2) is 41.5 Å². The van der Waals surface area contributed by atoms with Gasteiger partial charge in [0, 0.05) is 37.4 Å². The summed E-state index contributed by atoms with van der Waals surface area (Å²) in [6, 6.07) is 9.06. The quantitative estimate of drug-likeness (QED) is 0.508. The first kappa shape index (κ1) is 20.1. The summed E-state index contributed by atoms with van der Waals surface area (Å²) >= 11 is 6.27. The van der Waals surface area contributed by atoms with Crippen molar-refractivity contribution in [2.45, 2.75) is 25.9 Å². The van der Waals surface area contributed by atoms with Crippen LogP contribution in [0.5, 0.6) is 11.5 Å². The number of nitrogens with one attached hydrogen (secondary N) is 2. The molecule has 0 amide bonds. The van der Waals surface area contributed by atoms with Gasteiger partial charge in [-0.2, -0.15) is 0 Å². The van der Waals surface area contributed by atoms with Crippen molar-refractivity contribution in [3.8, 4) is 11.5 Å². The molecule has 0 saturated carbocycles. The lowest BCUT2D eigenvalue weighted by Gasteiger charge is -2.20. The highest BCUT2D eigenvalue weighted by Gasteiger charge is 2.25. The predicted octanol–water partition coefficient (Wildman–Crippen LogP) is 2.78. The Kier molecular flexibility index (Phi) is 6.81. The number of ether oxygens (including phenoxy) is 1. The number of hydrogen-bond donors (Lipinski definition) is 3. The summed E-state index contributed by atoms with van der Waals surface area (Å²) in [6.07, 6.45) is 2.72. The van der Waals surface area contributed by atoms with Crippen molar-refractivity contribution < 1.29 is 9.84 Å². The maximum Gasteiger partial charge on any atom is 0.191 e. The largest absolute Gasteiger partial charge is 0.508 e. The molecule has 1 aromatic carbocycles. The molecule has 8 heteroatoms. The van der Waals surface area contributed by atoms with E-state index >= 15 is 0 Å². The molecule has 0 aliphatic carbocycles. The number of aliphatic imine (C=N–C) groups is 1. The molecule has 1 aromatic heterocycles. The van der Waals surface area contributed by atoms with Crippen molar-refractivity contribution in [3.63, 3.8) is 0 Å². The maximum absolute atomic E-state index is 10.1. The van der Waals surface area contributed by atoms with Crippen molar-refractivity contribution in [2.24, 2.45) is 4.99 Å². The number of nitrogens with zero attached hydrogens (tertiary/aromatic N) is 3. The van der Waals surface area contributed by atoms with E-state index < -0.39 is 0 Å². The van der Waals surface area contributed by atoms with Gasteiger partial charge in [-0.05, 0) is 43.7 Å². The smallest absolute Gasteiger partial charge is 0.191 e. The van der Waals surface area contributed by atoms with Gasteiger partial charge in [0.05, 0.1) is 18.7 Å². The molecule has 2 aromatic rings. The average Bonchev–Trinajstić information content (AvgIpc) is 3.16. The van der Waals surface area contributed by atoms with Crippen molar-refractivity contribution in [1.82, 2.24) is 15.6 Å². The molecule has 1 unspecified atom stereocenters. The van der Waals surface area contributed by atoms with E-state index in [0.29, 0.717) is 28.8 Å². The lowest BCUT2D eigenvalue weighted by Crippen LogP contribution is -2.44. The fraction of sp³-hybridized carbons (Fsp3) is 0.400. The second kappa shape index (κ2) is 9.50. The van der Waals surface area contributed by atoms with E-state index in [0.717, 1.165) is 31.9 Å². The highest BCUT2D eigenvalue weighted by Crippen LogP contribution is 2.26. The first-order chi connectivity index (χ1) is 13.6. The lowest BCUT2D eigenvalue weighted by molar-refractivity contribution is 0.411. The van der Waals surface area contributed by atoms with Crippen LogP contribution in [0.2, 0.25) is 5.02 Å². The Hall–Kier alpha value is -2.67. The number of pyridine rings is 1. The van der Waals surface area contributed by atoms with E-state index in [-0.39, 0.29) is 11.8 Å². The van der Waals surface area contributed by atoms with Crippen LogP contribution >= 0.6 is 11.6 Å². The zero-order valence-corrected chi connectivity index (χ0v) is 16.9. The highest BCUT2D eigenvalue weighted by molar-refractivity contribution is 6.32. The Morgan fingerprint density at radius 1 is 1.43 bits per heavy atom. The Morgan fingerprint density at radius 3 is 3.04 bits per heavy atom. The fourth-order valence-electron chi connectivity index (χ4n) is 3.17. The number of benzene rings is 1. The number of rotatable bonds is 6. The second-order valence-corrected chi connectivity index (χ2v) is 6.98. The average molecular weight is 404 g/mol. The van der Waals surface area contributed by atoms with Crippen LogP contribution in [-0.4, -0.2) is 48.8 Å². The van der Waals surface area contributed by atoms with Gasteiger partial charge in [0.25, 0.3) is 0 Å². The Morgan fingerprint density at radius 2 is 2.29 bits per heavy atom. The van der Waals surface area contributed by atoms with Crippen molar-refractivity contribution in [1.29, 1.82) is 0 Å². The molecule has 1 fully saturated rings. The van der Waals surface area contributed by atoms with Gasteiger partial charge in [0.1, 0.15) is 17.3 Å². The van der Waals surface area contributed by atoms with Gasteiger partial charge in [0.2, 0.25) is 0 Å². The highest BCUT2D eigenvalue weighted by atomic mass is 35.5. The third kappa shape index (κ3) is 4.98. The molecule has 150 valence electrons. The van der Waals surface area contributed by atoms with Crippen molar-refractivity contribution in [2.75, 3.05) is 31.6 Å². The van der Waals surface area contributed by atoms with Gasteiger partial charge >= 0.3 is 0 Å². The van der Waals surface area contributed by atoms with Crippen LogP contribution in [0, 0.1) is 0 Å². The number of phenols is 1. The molecule has 0 radical (unpaired) electrons. The van der Waals surface area contributed by atoms with Crippen LogP contribution in [-0.2, 0) is 6.54 Å². The zero-order valence-electron chi connectivity index (χ0n) is 16.2. The molecule has 3 N–H and O–H groups in total. The van der Waals surface area contributed by atoms with Gasteiger partial charge < -0.3 is 25.4 Å². The normalized spacial score (nSPS) is 16.9. The molecule has 1 aliphatic rings. The Bertz CT molecular complexity index is 830. The second-order valence-electron chi connectivity index (χ2n) is 6.57. The fourth-order valence-corrected chi connectivity index (χ4v) is 3.41. The third-order valence-electron chi connectivity index (χ3n) is 4.61. The van der Waals surface area contributed by atoms with Crippen LogP contribution in [0.4, 0.5) is 5.82 Å². The van der Waals surface area contributed by atoms with E-state index in [9.17, 15) is 5.11 Å². The van der Waals surface area contributed by atoms with Crippen molar-refractivity contribution >= 4 is 23.4 Å². The molecular weight excluding hydrogens is 378 g/mol. The Labute approximate surface area is 170 Å². The van der Waals surface area contributed by atoms with E-state index in [1.54, 1.807) is 31.5 Å². The number of halogens is 1. The SMILES string of the molecule is CCNC(=NCc1cc(OC)ccc1O)NC1CCN(c2ncccc2Cl)C1. The molecule has 2 heterocycles. The molecule has 28 heavy (non-hydrogen) atoms. The zero-order chi connectivity index (χ0) is 19.9. The topological polar surface area (TPSA) is 82.0 Å². The third-order valence-corrected chi connectivity index (χ3v) is 4.90. The summed E-state index contributed by atoms with van der Waals surface area (Å²) in [4.78, 5) is 11.2. The molecular formula is C20H26ClN5O2.